The fourth-order valence-corrected chi connectivity index (χ4v) is 3.53. The van der Waals surface area contributed by atoms with Gasteiger partial charge in [-0.3, -0.25) is 4.90 Å². The highest BCUT2D eigenvalue weighted by molar-refractivity contribution is 6.06. The quantitative estimate of drug-likeness (QED) is 0.831. The van der Waals surface area contributed by atoms with Crippen molar-refractivity contribution in [3.05, 3.63) is 29.3 Å². The number of benzene rings is 1. The number of hydrogen-bond acceptors (Lipinski definition) is 5. The highest BCUT2D eigenvalue weighted by atomic mass is 15.4. The van der Waals surface area contributed by atoms with Gasteiger partial charge in [0.2, 0.25) is 11.9 Å². The van der Waals surface area contributed by atoms with Gasteiger partial charge in [-0.25, -0.2) is 4.99 Å². The Hall–Kier alpha value is -2.04. The summed E-state index contributed by atoms with van der Waals surface area (Å²) in [6, 6.07) is 6.38. The van der Waals surface area contributed by atoms with E-state index in [0.29, 0.717) is 11.9 Å². The second-order valence-corrected chi connectivity index (χ2v) is 6.11. The van der Waals surface area contributed by atoms with Gasteiger partial charge in [0.05, 0.1) is 0 Å². The van der Waals surface area contributed by atoms with E-state index < -0.39 is 0 Å². The smallest absolute Gasteiger partial charge is 0.220 e. The molecule has 1 heterocycles. The van der Waals surface area contributed by atoms with Gasteiger partial charge in [0.1, 0.15) is 5.66 Å². The summed E-state index contributed by atoms with van der Waals surface area (Å²) in [6.45, 7) is 4.20. The van der Waals surface area contributed by atoms with Crippen molar-refractivity contribution in [2.45, 2.75) is 51.6 Å². The van der Waals surface area contributed by atoms with E-state index in [-0.39, 0.29) is 5.66 Å². The Balaban J connectivity index is 2.10. The SMILES string of the molecule is Cc1ccc(N2C(N)=NC(N)=NC23CCCCC3)c(C)c1. The topological polar surface area (TPSA) is 80.0 Å². The third kappa shape index (κ3) is 2.37. The Morgan fingerprint density at radius 3 is 2.48 bits per heavy atom. The average molecular weight is 285 g/mol. The molecule has 0 unspecified atom stereocenters. The minimum atomic E-state index is -0.353. The van der Waals surface area contributed by atoms with Crippen molar-refractivity contribution in [1.82, 2.24) is 0 Å². The molecule has 1 aliphatic carbocycles. The molecule has 1 spiro atoms. The molecule has 1 aromatic rings. The molecule has 0 aromatic heterocycles. The van der Waals surface area contributed by atoms with Gasteiger partial charge in [0, 0.05) is 5.69 Å². The molecule has 4 N–H and O–H groups in total. The number of nitrogens with two attached hydrogens (primary N) is 2. The first-order valence-electron chi connectivity index (χ1n) is 7.59. The van der Waals surface area contributed by atoms with Crippen LogP contribution in [-0.4, -0.2) is 17.6 Å². The molecular weight excluding hydrogens is 262 g/mol. The molecule has 0 radical (unpaired) electrons. The fourth-order valence-electron chi connectivity index (χ4n) is 3.53. The van der Waals surface area contributed by atoms with Crippen LogP contribution in [0.1, 0.15) is 43.2 Å². The Morgan fingerprint density at radius 1 is 1.10 bits per heavy atom. The van der Waals surface area contributed by atoms with Crippen molar-refractivity contribution in [3.8, 4) is 0 Å². The van der Waals surface area contributed by atoms with E-state index in [0.717, 1.165) is 31.4 Å². The molecule has 2 aliphatic rings. The van der Waals surface area contributed by atoms with Crippen LogP contribution in [0.5, 0.6) is 0 Å². The number of anilines is 1. The maximum atomic E-state index is 6.23. The van der Waals surface area contributed by atoms with E-state index in [1.54, 1.807) is 0 Å². The van der Waals surface area contributed by atoms with Crippen LogP contribution < -0.4 is 16.4 Å². The van der Waals surface area contributed by atoms with E-state index >= 15 is 0 Å². The number of nitrogens with zero attached hydrogens (tertiary/aromatic N) is 3. The summed E-state index contributed by atoms with van der Waals surface area (Å²) < 4.78 is 0. The van der Waals surface area contributed by atoms with Crippen molar-refractivity contribution in [2.24, 2.45) is 21.5 Å². The number of rotatable bonds is 1. The van der Waals surface area contributed by atoms with Crippen LogP contribution >= 0.6 is 0 Å². The van der Waals surface area contributed by atoms with Crippen LogP contribution in [0, 0.1) is 13.8 Å². The summed E-state index contributed by atoms with van der Waals surface area (Å²) in [7, 11) is 0. The Labute approximate surface area is 125 Å². The summed E-state index contributed by atoms with van der Waals surface area (Å²) in [5.74, 6) is 0.756. The van der Waals surface area contributed by atoms with Crippen LogP contribution in [0.15, 0.2) is 28.2 Å². The lowest BCUT2D eigenvalue weighted by atomic mass is 9.87. The summed E-state index contributed by atoms with van der Waals surface area (Å²) in [5, 5.41) is 0. The van der Waals surface area contributed by atoms with E-state index in [9.17, 15) is 0 Å². The first kappa shape index (κ1) is 13.9. The largest absolute Gasteiger partial charge is 0.369 e. The molecule has 21 heavy (non-hydrogen) atoms. The Morgan fingerprint density at radius 2 is 1.81 bits per heavy atom. The first-order valence-corrected chi connectivity index (χ1v) is 7.59. The molecule has 5 nitrogen and oxygen atoms in total. The summed E-state index contributed by atoms with van der Waals surface area (Å²) in [4.78, 5) is 11.0. The highest BCUT2D eigenvalue weighted by Gasteiger charge is 2.42. The van der Waals surface area contributed by atoms with E-state index in [1.165, 1.54) is 17.5 Å². The number of aryl methyl sites for hydroxylation is 2. The average Bonchev–Trinajstić information content (AvgIpc) is 2.41. The number of guanidine groups is 2. The molecule has 1 fully saturated rings. The highest BCUT2D eigenvalue weighted by Crippen LogP contribution is 2.40. The second-order valence-electron chi connectivity index (χ2n) is 6.11. The summed E-state index contributed by atoms with van der Waals surface area (Å²) in [6.07, 6.45) is 5.47. The first-order chi connectivity index (χ1) is 10.0. The lowest BCUT2D eigenvalue weighted by molar-refractivity contribution is 0.305. The molecule has 1 saturated carbocycles. The van der Waals surface area contributed by atoms with Gasteiger partial charge < -0.3 is 11.5 Å². The molecule has 1 aliphatic heterocycles. The van der Waals surface area contributed by atoms with Crippen molar-refractivity contribution < 1.29 is 0 Å². The summed E-state index contributed by atoms with van der Waals surface area (Å²) >= 11 is 0. The predicted molar refractivity (Wildman–Crippen MR) is 87.5 cm³/mol. The molecule has 0 saturated heterocycles. The zero-order valence-electron chi connectivity index (χ0n) is 12.8. The summed E-state index contributed by atoms with van der Waals surface area (Å²) in [5.41, 5.74) is 15.3. The van der Waals surface area contributed by atoms with Gasteiger partial charge in [-0.1, -0.05) is 24.1 Å². The maximum absolute atomic E-state index is 6.23. The lowest BCUT2D eigenvalue weighted by Gasteiger charge is -2.46. The molecule has 5 heteroatoms. The molecular formula is C16H23N5. The van der Waals surface area contributed by atoms with Crippen molar-refractivity contribution in [3.63, 3.8) is 0 Å². The molecule has 0 atom stereocenters. The monoisotopic (exact) mass is 285 g/mol. The van der Waals surface area contributed by atoms with Gasteiger partial charge in [0.15, 0.2) is 0 Å². The number of hydrogen-bond donors (Lipinski definition) is 2. The number of aliphatic imine (C=N–C) groups is 2. The van der Waals surface area contributed by atoms with Gasteiger partial charge in [-0.2, -0.15) is 4.99 Å². The van der Waals surface area contributed by atoms with Crippen LogP contribution in [0.2, 0.25) is 0 Å². The minimum Gasteiger partial charge on any atom is -0.369 e. The standard InChI is InChI=1S/C16H23N5/c1-11-6-7-13(12(2)10-11)21-15(18)19-14(17)20-16(21)8-4-3-5-9-16/h6-7,10H,3-5,8-9H2,1-2H3,(H4,17,18,19,20). The fraction of sp³-hybridized carbons (Fsp3) is 0.500. The van der Waals surface area contributed by atoms with Crippen LogP contribution in [0.3, 0.4) is 0 Å². The third-order valence-electron chi connectivity index (χ3n) is 4.44. The van der Waals surface area contributed by atoms with E-state index in [1.807, 2.05) is 0 Å². The zero-order valence-corrected chi connectivity index (χ0v) is 12.8. The van der Waals surface area contributed by atoms with Crippen LogP contribution in [-0.2, 0) is 0 Å². The molecule has 1 aromatic carbocycles. The van der Waals surface area contributed by atoms with Crippen molar-refractivity contribution in [2.75, 3.05) is 4.90 Å². The predicted octanol–water partition coefficient (Wildman–Crippen LogP) is 2.41. The van der Waals surface area contributed by atoms with E-state index in [2.05, 4.69) is 41.9 Å². The molecule has 3 rings (SSSR count). The normalized spacial score (nSPS) is 21.1. The molecule has 0 amide bonds. The van der Waals surface area contributed by atoms with E-state index in [4.69, 9.17) is 16.5 Å². The third-order valence-corrected chi connectivity index (χ3v) is 4.44. The maximum Gasteiger partial charge on any atom is 0.220 e. The molecule has 112 valence electrons. The van der Waals surface area contributed by atoms with Gasteiger partial charge in [0.25, 0.3) is 0 Å². The Bertz CT molecular complexity index is 611. The second kappa shape index (κ2) is 5.06. The van der Waals surface area contributed by atoms with Gasteiger partial charge >= 0.3 is 0 Å². The minimum absolute atomic E-state index is 0.301. The molecule has 0 bridgehead atoms. The van der Waals surface area contributed by atoms with Crippen LogP contribution in [0.4, 0.5) is 5.69 Å². The zero-order chi connectivity index (χ0) is 15.0. The van der Waals surface area contributed by atoms with Crippen LogP contribution in [0.25, 0.3) is 0 Å². The lowest BCUT2D eigenvalue weighted by Crippen LogP contribution is -2.58. The van der Waals surface area contributed by atoms with Crippen molar-refractivity contribution >= 4 is 17.6 Å². The van der Waals surface area contributed by atoms with Gasteiger partial charge in [-0.15, -0.1) is 0 Å². The van der Waals surface area contributed by atoms with Gasteiger partial charge in [-0.05, 0) is 51.2 Å². The Kier molecular flexibility index (Phi) is 3.35. The van der Waals surface area contributed by atoms with Crippen molar-refractivity contribution in [1.29, 1.82) is 0 Å².